The topological polar surface area (TPSA) is 93.9 Å². The van der Waals surface area contributed by atoms with Crippen molar-refractivity contribution in [2.24, 2.45) is 0 Å². The maximum atomic E-state index is 12.2. The molecule has 1 N–H and O–H groups in total. The Morgan fingerprint density at radius 1 is 1.04 bits per heavy atom. The molecule has 4 rings (SSSR count). The average molecular weight is 360 g/mol. The first kappa shape index (κ1) is 16.7. The molecular formula is C20H16N4O3. The Morgan fingerprint density at radius 3 is 2.67 bits per heavy atom. The molecule has 0 saturated heterocycles. The molecule has 27 heavy (non-hydrogen) atoms. The fraction of sp³-hybridized carbons (Fsp3) is 0.100. The molecule has 2 aromatic carbocycles. The number of aromatic amines is 1. The largest absolute Gasteiger partial charge is 0.451 e. The number of nitrogens with one attached hydrogen (secondary N) is 1. The first-order chi connectivity index (χ1) is 13.2. The van der Waals surface area contributed by atoms with E-state index in [4.69, 9.17) is 9.15 Å². The molecule has 7 nitrogen and oxygen atoms in total. The number of aryl methyl sites for hydroxylation is 1. The highest BCUT2D eigenvalue weighted by Gasteiger charge is 2.15. The van der Waals surface area contributed by atoms with E-state index in [1.54, 1.807) is 6.07 Å². The highest BCUT2D eigenvalue weighted by Crippen LogP contribution is 2.20. The second-order valence-corrected chi connectivity index (χ2v) is 5.98. The van der Waals surface area contributed by atoms with Crippen LogP contribution in [0.1, 0.15) is 21.9 Å². The zero-order chi connectivity index (χ0) is 18.6. The highest BCUT2D eigenvalue weighted by atomic mass is 16.5. The summed E-state index contributed by atoms with van der Waals surface area (Å²) in [5, 5.41) is 14.7. The molecule has 0 fully saturated rings. The Bertz CT molecular complexity index is 1070. The second kappa shape index (κ2) is 7.25. The Morgan fingerprint density at radius 2 is 1.85 bits per heavy atom. The number of nitrogens with zero attached hydrogens (tertiary/aromatic N) is 3. The van der Waals surface area contributed by atoms with Crippen LogP contribution in [0.2, 0.25) is 0 Å². The van der Waals surface area contributed by atoms with Gasteiger partial charge in [0.05, 0.1) is 5.69 Å². The maximum absolute atomic E-state index is 12.2. The molecule has 7 heteroatoms. The Kier molecular flexibility index (Phi) is 4.49. The van der Waals surface area contributed by atoms with E-state index in [-0.39, 0.29) is 18.2 Å². The molecule has 0 radical (unpaired) electrons. The minimum absolute atomic E-state index is 0.114. The number of aromatic nitrogens is 4. The summed E-state index contributed by atoms with van der Waals surface area (Å²) in [6, 6.07) is 18.9. The lowest BCUT2D eigenvalue weighted by atomic mass is 10.1. The zero-order valence-electron chi connectivity index (χ0n) is 14.5. The third-order valence-corrected chi connectivity index (χ3v) is 3.93. The second-order valence-electron chi connectivity index (χ2n) is 5.98. The minimum atomic E-state index is -0.542. The normalized spacial score (nSPS) is 10.7. The predicted molar refractivity (Wildman–Crippen MR) is 97.6 cm³/mol. The molecule has 0 spiro atoms. The van der Waals surface area contributed by atoms with Gasteiger partial charge in [0, 0.05) is 11.1 Å². The van der Waals surface area contributed by atoms with Crippen LogP contribution < -0.4 is 0 Å². The number of H-pyrrole nitrogens is 1. The zero-order valence-corrected chi connectivity index (χ0v) is 14.5. The van der Waals surface area contributed by atoms with Gasteiger partial charge < -0.3 is 9.15 Å². The summed E-state index contributed by atoms with van der Waals surface area (Å²) in [4.78, 5) is 12.2. The van der Waals surface area contributed by atoms with Gasteiger partial charge in [0.15, 0.2) is 6.61 Å². The van der Waals surface area contributed by atoms with Crippen molar-refractivity contribution in [1.82, 2.24) is 20.4 Å². The van der Waals surface area contributed by atoms with Crippen LogP contribution in [0.15, 0.2) is 65.1 Å². The number of ether oxygens (including phenoxy) is 1. The van der Waals surface area contributed by atoms with Crippen molar-refractivity contribution in [1.29, 1.82) is 0 Å². The number of carbonyl (C=O) groups excluding carboxylic acids is 1. The van der Waals surface area contributed by atoms with E-state index in [0.29, 0.717) is 11.6 Å². The van der Waals surface area contributed by atoms with Crippen LogP contribution in [-0.2, 0) is 11.3 Å². The van der Waals surface area contributed by atoms with Crippen molar-refractivity contribution in [3.8, 4) is 22.7 Å². The Hall–Kier alpha value is -3.74. The third-order valence-electron chi connectivity index (χ3n) is 3.93. The lowest BCUT2D eigenvalue weighted by Crippen LogP contribution is -2.05. The van der Waals surface area contributed by atoms with Gasteiger partial charge in [-0.05, 0) is 25.1 Å². The maximum Gasteiger partial charge on any atom is 0.356 e. The van der Waals surface area contributed by atoms with E-state index < -0.39 is 5.97 Å². The smallest absolute Gasteiger partial charge is 0.356 e. The average Bonchev–Trinajstić information content (AvgIpc) is 3.37. The monoisotopic (exact) mass is 360 g/mol. The molecule has 134 valence electrons. The van der Waals surface area contributed by atoms with Crippen molar-refractivity contribution in [2.45, 2.75) is 13.5 Å². The van der Waals surface area contributed by atoms with Crippen LogP contribution in [0.25, 0.3) is 22.7 Å². The van der Waals surface area contributed by atoms with E-state index in [2.05, 4.69) is 20.4 Å². The minimum Gasteiger partial charge on any atom is -0.451 e. The number of rotatable bonds is 5. The molecule has 0 atom stereocenters. The molecule has 4 aromatic rings. The predicted octanol–water partition coefficient (Wildman–Crippen LogP) is 3.79. The van der Waals surface area contributed by atoms with Crippen LogP contribution in [0.4, 0.5) is 0 Å². The van der Waals surface area contributed by atoms with Gasteiger partial charge in [0.2, 0.25) is 5.89 Å². The first-order valence-corrected chi connectivity index (χ1v) is 8.36. The summed E-state index contributed by atoms with van der Waals surface area (Å²) in [5.41, 5.74) is 3.75. The van der Waals surface area contributed by atoms with Crippen molar-refractivity contribution < 1.29 is 13.9 Å². The summed E-state index contributed by atoms with van der Waals surface area (Å²) in [6.45, 7) is 1.87. The summed E-state index contributed by atoms with van der Waals surface area (Å²) in [7, 11) is 0. The van der Waals surface area contributed by atoms with Crippen LogP contribution in [0.3, 0.4) is 0 Å². The summed E-state index contributed by atoms with van der Waals surface area (Å²) in [5.74, 6) is 0.0697. The first-order valence-electron chi connectivity index (χ1n) is 8.36. The molecule has 0 unspecified atom stereocenters. The summed E-state index contributed by atoms with van der Waals surface area (Å²) >= 11 is 0. The lowest BCUT2D eigenvalue weighted by Gasteiger charge is -1.99. The van der Waals surface area contributed by atoms with Crippen molar-refractivity contribution >= 4 is 5.97 Å². The van der Waals surface area contributed by atoms with E-state index >= 15 is 0 Å². The molecular weight excluding hydrogens is 344 g/mol. The fourth-order valence-electron chi connectivity index (χ4n) is 2.59. The van der Waals surface area contributed by atoms with Gasteiger partial charge in [0.1, 0.15) is 5.69 Å². The Labute approximate surface area is 155 Å². The van der Waals surface area contributed by atoms with E-state index in [9.17, 15) is 4.79 Å². The molecule has 0 aliphatic carbocycles. The fourth-order valence-corrected chi connectivity index (χ4v) is 2.59. The van der Waals surface area contributed by atoms with E-state index in [1.807, 2.05) is 61.5 Å². The van der Waals surface area contributed by atoms with E-state index in [0.717, 1.165) is 16.7 Å². The van der Waals surface area contributed by atoms with Crippen LogP contribution in [0.5, 0.6) is 0 Å². The van der Waals surface area contributed by atoms with Gasteiger partial charge in [0.25, 0.3) is 5.89 Å². The standard InChI is InChI=1S/C20H16N4O3/c1-13-6-5-9-15(10-13)19-24-23-18(27-19)12-26-20(25)17-11-16(21-22-17)14-7-3-2-4-8-14/h2-11H,12H2,1H3,(H,21,22). The molecule has 2 heterocycles. The van der Waals surface area contributed by atoms with Gasteiger partial charge in [-0.1, -0.05) is 48.0 Å². The summed E-state index contributed by atoms with van der Waals surface area (Å²) in [6.07, 6.45) is 0. The summed E-state index contributed by atoms with van der Waals surface area (Å²) < 4.78 is 10.8. The van der Waals surface area contributed by atoms with E-state index in [1.165, 1.54) is 0 Å². The van der Waals surface area contributed by atoms with Crippen molar-refractivity contribution in [3.05, 3.63) is 77.8 Å². The van der Waals surface area contributed by atoms with Gasteiger partial charge >= 0.3 is 5.97 Å². The van der Waals surface area contributed by atoms with Gasteiger partial charge in [-0.2, -0.15) is 5.10 Å². The third kappa shape index (κ3) is 3.77. The molecule has 0 amide bonds. The van der Waals surface area contributed by atoms with Gasteiger partial charge in [-0.3, -0.25) is 5.10 Å². The van der Waals surface area contributed by atoms with Crippen LogP contribution in [-0.4, -0.2) is 26.4 Å². The van der Waals surface area contributed by atoms with Crippen LogP contribution in [0, 0.1) is 6.92 Å². The van der Waals surface area contributed by atoms with Crippen molar-refractivity contribution in [2.75, 3.05) is 0 Å². The number of esters is 1. The SMILES string of the molecule is Cc1cccc(-c2nnc(COC(=O)c3cc(-c4ccccc4)n[nH]3)o2)c1. The molecule has 0 bridgehead atoms. The number of carbonyl (C=O) groups is 1. The van der Waals surface area contributed by atoms with Crippen LogP contribution >= 0.6 is 0 Å². The number of hydrogen-bond acceptors (Lipinski definition) is 6. The molecule has 0 aliphatic heterocycles. The molecule has 0 aliphatic rings. The van der Waals surface area contributed by atoms with Crippen molar-refractivity contribution in [3.63, 3.8) is 0 Å². The number of hydrogen-bond donors (Lipinski definition) is 1. The lowest BCUT2D eigenvalue weighted by molar-refractivity contribution is 0.0431. The molecule has 0 saturated carbocycles. The number of benzene rings is 2. The van der Waals surface area contributed by atoms with Gasteiger partial charge in [-0.15, -0.1) is 10.2 Å². The molecule has 2 aromatic heterocycles. The Balaban J connectivity index is 1.41. The quantitative estimate of drug-likeness (QED) is 0.544. The van der Waals surface area contributed by atoms with Gasteiger partial charge in [-0.25, -0.2) is 4.79 Å². The highest BCUT2D eigenvalue weighted by molar-refractivity contribution is 5.88.